The van der Waals surface area contributed by atoms with Crippen LogP contribution in [-0.2, 0) is 23.2 Å². The standard InChI is InChI=1S/C54H95O9P/c1-9-17-23-29-35-41-58-50-45-51(64(57,61-44-38-32-26-20-12-4)63-49(47(56)16-8)40-34-28-22-14-6)53(60-43-37-31-25-19-11-3)54(52(50)59-42-36-30-24-18-10-2)62-48(46(55)15-7)39-33-27-21-13-5/h15-16,45,48-49H,7-14,17-44H2,1-6H3. The number of ether oxygens (including phenoxy) is 4. The molecule has 1 aromatic carbocycles. The smallest absolute Gasteiger partial charge is 0.366 e. The maximum Gasteiger partial charge on any atom is 0.366 e. The van der Waals surface area contributed by atoms with Gasteiger partial charge in [0.25, 0.3) is 0 Å². The van der Waals surface area contributed by atoms with Crippen LogP contribution >= 0.6 is 7.60 Å². The number of ketones is 2. The summed E-state index contributed by atoms with van der Waals surface area (Å²) in [7, 11) is -4.40. The van der Waals surface area contributed by atoms with Gasteiger partial charge in [0.2, 0.25) is 11.5 Å². The van der Waals surface area contributed by atoms with E-state index in [1.165, 1.54) is 12.2 Å². The fraction of sp³-hybridized carbons (Fsp3) is 0.778. The highest BCUT2D eigenvalue weighted by Gasteiger charge is 2.41. The second-order valence-electron chi connectivity index (χ2n) is 17.5. The van der Waals surface area contributed by atoms with Crippen molar-refractivity contribution in [3.8, 4) is 23.0 Å². The van der Waals surface area contributed by atoms with Crippen molar-refractivity contribution >= 4 is 24.5 Å². The maximum absolute atomic E-state index is 16.0. The molecule has 0 saturated carbocycles. The zero-order valence-electron chi connectivity index (χ0n) is 42.0. The van der Waals surface area contributed by atoms with Crippen molar-refractivity contribution < 1.29 is 42.1 Å². The Balaban J connectivity index is 4.29. The first-order valence-corrected chi connectivity index (χ1v) is 27.8. The molecule has 3 atom stereocenters. The third kappa shape index (κ3) is 25.3. The summed E-state index contributed by atoms with van der Waals surface area (Å²) in [6.07, 6.45) is 29.0. The van der Waals surface area contributed by atoms with Crippen molar-refractivity contribution in [1.82, 2.24) is 0 Å². The molecule has 10 heteroatoms. The van der Waals surface area contributed by atoms with E-state index in [1.807, 2.05) is 0 Å². The summed E-state index contributed by atoms with van der Waals surface area (Å²) < 4.78 is 56.2. The Labute approximate surface area is 392 Å². The molecular weight excluding hydrogens is 824 g/mol. The fourth-order valence-electron chi connectivity index (χ4n) is 7.57. The van der Waals surface area contributed by atoms with E-state index in [1.54, 1.807) is 6.07 Å². The Kier molecular flexibility index (Phi) is 36.7. The summed E-state index contributed by atoms with van der Waals surface area (Å²) in [4.78, 5) is 27.3. The minimum absolute atomic E-state index is 0.118. The van der Waals surface area contributed by atoms with Gasteiger partial charge < -0.3 is 23.5 Å². The summed E-state index contributed by atoms with van der Waals surface area (Å²) in [6.45, 7) is 21.9. The Morgan fingerprint density at radius 1 is 0.484 bits per heavy atom. The number of carbonyl (C=O) groups excluding carboxylic acids is 2. The van der Waals surface area contributed by atoms with Crippen LogP contribution in [0.2, 0.25) is 0 Å². The van der Waals surface area contributed by atoms with Crippen LogP contribution in [0, 0.1) is 0 Å². The summed E-state index contributed by atoms with van der Waals surface area (Å²) >= 11 is 0. The number of hydrogen-bond donors (Lipinski definition) is 0. The second kappa shape index (κ2) is 39.5. The van der Waals surface area contributed by atoms with Crippen molar-refractivity contribution in [2.45, 2.75) is 246 Å². The molecule has 370 valence electrons. The van der Waals surface area contributed by atoms with Gasteiger partial charge in [-0.25, -0.2) is 0 Å². The van der Waals surface area contributed by atoms with E-state index < -0.39 is 19.8 Å². The normalized spacial score (nSPS) is 13.2. The lowest BCUT2D eigenvalue weighted by molar-refractivity contribution is -0.122. The Morgan fingerprint density at radius 3 is 1.31 bits per heavy atom. The molecule has 0 radical (unpaired) electrons. The van der Waals surface area contributed by atoms with E-state index in [2.05, 4.69) is 54.7 Å². The molecule has 64 heavy (non-hydrogen) atoms. The summed E-state index contributed by atoms with van der Waals surface area (Å²) in [6, 6.07) is 1.69. The van der Waals surface area contributed by atoms with Crippen LogP contribution in [0.4, 0.5) is 0 Å². The van der Waals surface area contributed by atoms with Crippen LogP contribution in [-0.4, -0.2) is 50.2 Å². The van der Waals surface area contributed by atoms with Gasteiger partial charge in [-0.15, -0.1) is 0 Å². The quantitative estimate of drug-likeness (QED) is 0.0359. The number of rotatable bonds is 47. The van der Waals surface area contributed by atoms with Crippen molar-refractivity contribution in [2.75, 3.05) is 26.4 Å². The van der Waals surface area contributed by atoms with Crippen LogP contribution in [0.15, 0.2) is 31.4 Å². The molecule has 0 aliphatic rings. The van der Waals surface area contributed by atoms with Crippen molar-refractivity contribution in [3.63, 3.8) is 0 Å². The number of hydrogen-bond acceptors (Lipinski definition) is 9. The van der Waals surface area contributed by atoms with Gasteiger partial charge in [-0.05, 0) is 57.1 Å². The monoisotopic (exact) mass is 919 g/mol. The van der Waals surface area contributed by atoms with Crippen LogP contribution in [0.3, 0.4) is 0 Å². The summed E-state index contributed by atoms with van der Waals surface area (Å²) in [5.41, 5.74) is 0. The van der Waals surface area contributed by atoms with Gasteiger partial charge in [0.1, 0.15) is 11.4 Å². The molecule has 0 fully saturated rings. The van der Waals surface area contributed by atoms with E-state index >= 15 is 4.57 Å². The van der Waals surface area contributed by atoms with Crippen LogP contribution in [0.1, 0.15) is 234 Å². The van der Waals surface area contributed by atoms with Crippen LogP contribution < -0.4 is 24.3 Å². The Hall–Kier alpha value is -2.61. The third-order valence-corrected chi connectivity index (χ3v) is 13.6. The van der Waals surface area contributed by atoms with Gasteiger partial charge >= 0.3 is 7.60 Å². The zero-order valence-corrected chi connectivity index (χ0v) is 42.9. The largest absolute Gasteiger partial charge is 0.490 e. The van der Waals surface area contributed by atoms with E-state index in [9.17, 15) is 9.59 Å². The highest BCUT2D eigenvalue weighted by molar-refractivity contribution is 7.62. The zero-order chi connectivity index (χ0) is 47.1. The lowest BCUT2D eigenvalue weighted by atomic mass is 10.1. The van der Waals surface area contributed by atoms with Gasteiger partial charge in [-0.1, -0.05) is 202 Å². The Bertz CT molecular complexity index is 1410. The minimum Gasteiger partial charge on any atom is -0.490 e. The second-order valence-corrected chi connectivity index (χ2v) is 19.5. The molecule has 0 aliphatic carbocycles. The fourth-order valence-corrected chi connectivity index (χ4v) is 9.48. The van der Waals surface area contributed by atoms with Gasteiger partial charge in [0.15, 0.2) is 29.2 Å². The molecule has 1 rings (SSSR count). The van der Waals surface area contributed by atoms with E-state index in [0.717, 1.165) is 167 Å². The summed E-state index contributed by atoms with van der Waals surface area (Å²) in [5, 5.41) is 0.118. The van der Waals surface area contributed by atoms with E-state index in [4.69, 9.17) is 28.0 Å². The molecule has 0 saturated heterocycles. The predicted octanol–water partition coefficient (Wildman–Crippen LogP) is 16.1. The van der Waals surface area contributed by atoms with Crippen LogP contribution in [0.25, 0.3) is 0 Å². The highest BCUT2D eigenvalue weighted by Crippen LogP contribution is 2.57. The molecule has 0 amide bonds. The molecule has 0 bridgehead atoms. The van der Waals surface area contributed by atoms with Gasteiger partial charge in [0, 0.05) is 6.07 Å². The number of benzene rings is 1. The molecule has 0 aliphatic heterocycles. The maximum atomic E-state index is 16.0. The molecule has 3 unspecified atom stereocenters. The summed E-state index contributed by atoms with van der Waals surface area (Å²) in [5.74, 6) is 0.323. The first kappa shape index (κ1) is 59.4. The Morgan fingerprint density at radius 2 is 0.859 bits per heavy atom. The molecule has 0 aromatic heterocycles. The first-order chi connectivity index (χ1) is 31.2. The molecule has 0 N–H and O–H groups in total. The van der Waals surface area contributed by atoms with Gasteiger partial charge in [-0.2, -0.15) is 0 Å². The molecule has 0 spiro atoms. The van der Waals surface area contributed by atoms with Gasteiger partial charge in [-0.3, -0.25) is 18.7 Å². The first-order valence-electron chi connectivity index (χ1n) is 26.2. The third-order valence-electron chi connectivity index (χ3n) is 11.6. The molecule has 9 nitrogen and oxygen atoms in total. The highest BCUT2D eigenvalue weighted by atomic mass is 31.2. The lowest BCUT2D eigenvalue weighted by Crippen LogP contribution is -2.29. The lowest BCUT2D eigenvalue weighted by Gasteiger charge is -2.29. The van der Waals surface area contributed by atoms with Crippen molar-refractivity contribution in [3.05, 3.63) is 31.4 Å². The van der Waals surface area contributed by atoms with Crippen molar-refractivity contribution in [2.24, 2.45) is 0 Å². The molecule has 1 aromatic rings. The van der Waals surface area contributed by atoms with Crippen LogP contribution in [0.5, 0.6) is 23.0 Å². The topological polar surface area (TPSA) is 107 Å². The average Bonchev–Trinajstić information content (AvgIpc) is 3.30. The predicted molar refractivity (Wildman–Crippen MR) is 268 cm³/mol. The molecular formula is C54H95O9P. The van der Waals surface area contributed by atoms with Gasteiger partial charge in [0.05, 0.1) is 26.4 Å². The van der Waals surface area contributed by atoms with Crippen molar-refractivity contribution in [1.29, 1.82) is 0 Å². The van der Waals surface area contributed by atoms with E-state index in [0.29, 0.717) is 57.0 Å². The molecule has 0 heterocycles. The number of unbranched alkanes of at least 4 members (excludes halogenated alkanes) is 22. The van der Waals surface area contributed by atoms with E-state index in [-0.39, 0.29) is 35.0 Å². The SMILES string of the molecule is C=CC(=O)C(CCCCCC)Oc1c(OCCCCCCC)c(OCCCCCCC)cc(P(=O)(OCCCCCCC)OC(CCCCCC)C(=O)C=C)c1OCCCCCCC. The number of carbonyl (C=O) groups is 2. The minimum atomic E-state index is -4.40. The average molecular weight is 919 g/mol.